The molecule has 1 amide bonds. The lowest BCUT2D eigenvalue weighted by Gasteiger charge is -2.38. The highest BCUT2D eigenvalue weighted by atomic mass is 19.1. The summed E-state index contributed by atoms with van der Waals surface area (Å²) in [6.45, 7) is 4.57. The van der Waals surface area contributed by atoms with Gasteiger partial charge in [0.25, 0.3) is 5.91 Å². The van der Waals surface area contributed by atoms with Gasteiger partial charge < -0.3 is 14.8 Å². The number of hydrogen-bond donors (Lipinski definition) is 1. The third-order valence-electron chi connectivity index (χ3n) is 5.38. The van der Waals surface area contributed by atoms with E-state index in [1.165, 1.54) is 12.1 Å². The minimum Gasteiger partial charge on any atom is -0.494 e. The van der Waals surface area contributed by atoms with Crippen molar-refractivity contribution < 1.29 is 18.7 Å². The highest BCUT2D eigenvalue weighted by molar-refractivity contribution is 5.94. The normalized spacial score (nSPS) is 15.8. The molecule has 0 aliphatic carbocycles. The molecule has 0 atom stereocenters. The molecule has 0 aromatic heterocycles. The van der Waals surface area contributed by atoms with Gasteiger partial charge >= 0.3 is 0 Å². The molecule has 0 radical (unpaired) electrons. The second kappa shape index (κ2) is 9.69. The Balaban J connectivity index is 1.64. The number of carbonyl (C=O) groups excluding carboxylic acids is 1. The fourth-order valence-electron chi connectivity index (χ4n) is 3.52. The van der Waals surface area contributed by atoms with Crippen LogP contribution in [0.15, 0.2) is 48.5 Å². The van der Waals surface area contributed by atoms with Crippen LogP contribution < -0.4 is 10.1 Å². The highest BCUT2D eigenvalue weighted by Crippen LogP contribution is 2.34. The summed E-state index contributed by atoms with van der Waals surface area (Å²) in [6.07, 6.45) is 3.69. The molecule has 4 nitrogen and oxygen atoms in total. The molecule has 28 heavy (non-hydrogen) atoms. The van der Waals surface area contributed by atoms with Gasteiger partial charge in [-0.2, -0.15) is 0 Å². The van der Waals surface area contributed by atoms with E-state index >= 15 is 0 Å². The predicted molar refractivity (Wildman–Crippen MR) is 107 cm³/mol. The fraction of sp³-hybridized carbons (Fsp3) is 0.435. The molecule has 150 valence electrons. The van der Waals surface area contributed by atoms with Gasteiger partial charge in [-0.25, -0.2) is 4.39 Å². The minimum absolute atomic E-state index is 0.118. The van der Waals surface area contributed by atoms with Gasteiger partial charge in [0.15, 0.2) is 0 Å². The van der Waals surface area contributed by atoms with Crippen LogP contribution in [0.25, 0.3) is 0 Å². The van der Waals surface area contributed by atoms with Gasteiger partial charge in [0.1, 0.15) is 11.6 Å². The molecule has 1 aliphatic rings. The standard InChI is InChI=1S/C23H28FNO3/c1-2-3-14-28-21-10-4-18(5-11-21)22(26)25-17-23(12-15-27-16-13-23)19-6-8-20(24)9-7-19/h4-11H,2-3,12-17H2,1H3,(H,25,26). The summed E-state index contributed by atoms with van der Waals surface area (Å²) in [5.41, 5.74) is 1.41. The minimum atomic E-state index is -0.253. The molecule has 0 spiro atoms. The van der Waals surface area contributed by atoms with E-state index in [4.69, 9.17) is 9.47 Å². The summed E-state index contributed by atoms with van der Waals surface area (Å²) in [7, 11) is 0. The van der Waals surface area contributed by atoms with Gasteiger partial charge in [-0.15, -0.1) is 0 Å². The largest absolute Gasteiger partial charge is 0.494 e. The van der Waals surface area contributed by atoms with Crippen molar-refractivity contribution in [2.24, 2.45) is 0 Å². The number of rotatable bonds is 8. The summed E-state index contributed by atoms with van der Waals surface area (Å²) >= 11 is 0. The van der Waals surface area contributed by atoms with Crippen molar-refractivity contribution >= 4 is 5.91 Å². The zero-order valence-electron chi connectivity index (χ0n) is 16.4. The molecule has 1 aliphatic heterocycles. The molecule has 3 rings (SSSR count). The lowest BCUT2D eigenvalue weighted by molar-refractivity contribution is 0.0487. The maximum atomic E-state index is 13.3. The maximum absolute atomic E-state index is 13.3. The van der Waals surface area contributed by atoms with Crippen molar-refractivity contribution in [1.29, 1.82) is 0 Å². The number of nitrogens with one attached hydrogen (secondary N) is 1. The van der Waals surface area contributed by atoms with E-state index in [2.05, 4.69) is 12.2 Å². The van der Waals surface area contributed by atoms with Crippen LogP contribution in [-0.4, -0.2) is 32.3 Å². The van der Waals surface area contributed by atoms with Gasteiger partial charge in [0.2, 0.25) is 0 Å². The topological polar surface area (TPSA) is 47.6 Å². The third kappa shape index (κ3) is 5.10. The van der Waals surface area contributed by atoms with E-state index in [1.807, 2.05) is 24.3 Å². The van der Waals surface area contributed by atoms with Crippen LogP contribution in [-0.2, 0) is 10.2 Å². The van der Waals surface area contributed by atoms with Crippen molar-refractivity contribution in [3.8, 4) is 5.75 Å². The molecule has 1 N–H and O–H groups in total. The van der Waals surface area contributed by atoms with Crippen LogP contribution in [0, 0.1) is 5.82 Å². The van der Waals surface area contributed by atoms with Crippen molar-refractivity contribution in [2.45, 2.75) is 38.0 Å². The molecule has 0 bridgehead atoms. The predicted octanol–water partition coefficient (Wildman–Crippen LogP) is 4.48. The van der Waals surface area contributed by atoms with Gasteiger partial charge in [0.05, 0.1) is 6.61 Å². The summed E-state index contributed by atoms with van der Waals surface area (Å²) in [5.74, 6) is 0.404. The first kappa shape index (κ1) is 20.3. The molecule has 1 heterocycles. The zero-order valence-corrected chi connectivity index (χ0v) is 16.4. The van der Waals surface area contributed by atoms with Gasteiger partial charge in [-0.3, -0.25) is 4.79 Å². The SMILES string of the molecule is CCCCOc1ccc(C(=O)NCC2(c3ccc(F)cc3)CCOCC2)cc1. The van der Waals surface area contributed by atoms with Crippen molar-refractivity contribution in [2.75, 3.05) is 26.4 Å². The molecule has 2 aromatic rings. The van der Waals surface area contributed by atoms with Crippen molar-refractivity contribution in [3.05, 3.63) is 65.5 Å². The van der Waals surface area contributed by atoms with Gasteiger partial charge in [-0.1, -0.05) is 25.5 Å². The quantitative estimate of drug-likeness (QED) is 0.682. The van der Waals surface area contributed by atoms with Crippen LogP contribution in [0.3, 0.4) is 0 Å². The number of halogens is 1. The highest BCUT2D eigenvalue weighted by Gasteiger charge is 2.35. The van der Waals surface area contributed by atoms with E-state index in [-0.39, 0.29) is 17.1 Å². The molecule has 1 saturated heterocycles. The zero-order chi connectivity index (χ0) is 19.8. The van der Waals surface area contributed by atoms with Crippen LogP contribution >= 0.6 is 0 Å². The second-order valence-corrected chi connectivity index (χ2v) is 7.31. The van der Waals surface area contributed by atoms with Gasteiger partial charge in [-0.05, 0) is 61.2 Å². The second-order valence-electron chi connectivity index (χ2n) is 7.31. The molecule has 0 unspecified atom stereocenters. The summed E-state index contributed by atoms with van der Waals surface area (Å²) in [4.78, 5) is 12.6. The first-order chi connectivity index (χ1) is 13.6. The number of benzene rings is 2. The molecular formula is C23H28FNO3. The monoisotopic (exact) mass is 385 g/mol. The average Bonchev–Trinajstić information content (AvgIpc) is 2.74. The molecule has 0 saturated carbocycles. The van der Waals surface area contributed by atoms with Crippen molar-refractivity contribution in [1.82, 2.24) is 5.32 Å². The smallest absolute Gasteiger partial charge is 0.251 e. The maximum Gasteiger partial charge on any atom is 0.251 e. The lowest BCUT2D eigenvalue weighted by Crippen LogP contribution is -2.44. The van der Waals surface area contributed by atoms with Crippen LogP contribution in [0.4, 0.5) is 4.39 Å². The Bertz CT molecular complexity index is 752. The van der Waals surface area contributed by atoms with E-state index < -0.39 is 0 Å². The Morgan fingerprint density at radius 2 is 1.79 bits per heavy atom. The molecular weight excluding hydrogens is 357 g/mol. The Morgan fingerprint density at radius 3 is 2.43 bits per heavy atom. The van der Waals surface area contributed by atoms with E-state index in [0.29, 0.717) is 31.9 Å². The Kier molecular flexibility index (Phi) is 7.04. The summed E-state index contributed by atoms with van der Waals surface area (Å²) in [5, 5.41) is 3.07. The molecule has 2 aromatic carbocycles. The number of ether oxygens (including phenoxy) is 2. The third-order valence-corrected chi connectivity index (χ3v) is 5.38. The summed E-state index contributed by atoms with van der Waals surface area (Å²) in [6, 6.07) is 13.8. The van der Waals surface area contributed by atoms with Crippen LogP contribution in [0.1, 0.15) is 48.5 Å². The Labute approximate surface area is 166 Å². The number of unbranched alkanes of at least 4 members (excludes halogenated alkanes) is 1. The van der Waals surface area contributed by atoms with E-state index in [9.17, 15) is 9.18 Å². The number of hydrogen-bond acceptors (Lipinski definition) is 3. The average molecular weight is 385 g/mol. The van der Waals surface area contributed by atoms with Crippen molar-refractivity contribution in [3.63, 3.8) is 0 Å². The van der Waals surface area contributed by atoms with E-state index in [1.54, 1.807) is 12.1 Å². The molecule has 5 heteroatoms. The molecule has 1 fully saturated rings. The van der Waals surface area contributed by atoms with Crippen LogP contribution in [0.5, 0.6) is 5.75 Å². The van der Waals surface area contributed by atoms with E-state index in [0.717, 1.165) is 37.0 Å². The number of amides is 1. The van der Waals surface area contributed by atoms with Gasteiger partial charge in [0, 0.05) is 30.7 Å². The first-order valence-corrected chi connectivity index (χ1v) is 9.98. The first-order valence-electron chi connectivity index (χ1n) is 9.98. The Hall–Kier alpha value is -2.40. The summed E-state index contributed by atoms with van der Waals surface area (Å²) < 4.78 is 24.5. The lowest BCUT2D eigenvalue weighted by atomic mass is 9.74. The van der Waals surface area contributed by atoms with Crippen LogP contribution in [0.2, 0.25) is 0 Å². The Morgan fingerprint density at radius 1 is 1.11 bits per heavy atom. The fourth-order valence-corrected chi connectivity index (χ4v) is 3.52. The number of carbonyl (C=O) groups is 1.